The largest absolute Gasteiger partial charge is 0.497 e. The van der Waals surface area contributed by atoms with Gasteiger partial charge in [-0.2, -0.15) is 0 Å². The average molecular weight is 419 g/mol. The number of aliphatic imine (C=N–C) groups is 1. The molecule has 0 heterocycles. The van der Waals surface area contributed by atoms with Crippen molar-refractivity contribution in [1.29, 1.82) is 0 Å². The summed E-state index contributed by atoms with van der Waals surface area (Å²) in [4.78, 5) is 4.23. The molecule has 4 nitrogen and oxygen atoms in total. The quantitative estimate of drug-likeness (QED) is 0.294. The van der Waals surface area contributed by atoms with Crippen LogP contribution in [0.15, 0.2) is 29.3 Å². The second kappa shape index (κ2) is 12.6. The van der Waals surface area contributed by atoms with Gasteiger partial charge in [0.15, 0.2) is 5.96 Å². The van der Waals surface area contributed by atoms with Crippen molar-refractivity contribution < 1.29 is 4.74 Å². The minimum absolute atomic E-state index is 0. The van der Waals surface area contributed by atoms with E-state index in [0.29, 0.717) is 5.92 Å². The van der Waals surface area contributed by atoms with Gasteiger partial charge in [0.1, 0.15) is 5.75 Å². The second-order valence-corrected chi connectivity index (χ2v) is 5.56. The van der Waals surface area contributed by atoms with Crippen LogP contribution in [0.5, 0.6) is 5.75 Å². The topological polar surface area (TPSA) is 45.7 Å². The Labute approximate surface area is 152 Å². The molecule has 1 aromatic rings. The fraction of sp³-hybridized carbons (Fsp3) is 0.588. The highest BCUT2D eigenvalue weighted by Gasteiger charge is 1.99. The van der Waals surface area contributed by atoms with E-state index < -0.39 is 0 Å². The molecule has 0 fully saturated rings. The molecule has 0 saturated carbocycles. The SMILES string of the molecule is CN=C(NCCCc1cccc(OC)c1)NCCC(C)C.I. The Balaban J connectivity index is 0.00000441. The Morgan fingerprint density at radius 2 is 1.95 bits per heavy atom. The predicted molar refractivity (Wildman–Crippen MR) is 106 cm³/mol. The van der Waals surface area contributed by atoms with Crippen LogP contribution in [0.4, 0.5) is 0 Å². The minimum atomic E-state index is 0. The van der Waals surface area contributed by atoms with Crippen LogP contribution in [0.1, 0.15) is 32.3 Å². The Kier molecular flexibility index (Phi) is 12.0. The molecular weight excluding hydrogens is 389 g/mol. The summed E-state index contributed by atoms with van der Waals surface area (Å²) in [6, 6.07) is 8.24. The van der Waals surface area contributed by atoms with E-state index >= 15 is 0 Å². The zero-order valence-electron chi connectivity index (χ0n) is 14.2. The summed E-state index contributed by atoms with van der Waals surface area (Å²) in [5, 5.41) is 6.69. The number of rotatable bonds is 8. The van der Waals surface area contributed by atoms with E-state index in [1.807, 2.05) is 19.2 Å². The van der Waals surface area contributed by atoms with Crippen LogP contribution in [0.2, 0.25) is 0 Å². The van der Waals surface area contributed by atoms with E-state index in [0.717, 1.165) is 44.1 Å². The highest BCUT2D eigenvalue weighted by atomic mass is 127. The Bertz CT molecular complexity index is 436. The van der Waals surface area contributed by atoms with E-state index in [1.165, 1.54) is 5.56 Å². The Morgan fingerprint density at radius 1 is 1.23 bits per heavy atom. The van der Waals surface area contributed by atoms with Crippen molar-refractivity contribution in [2.45, 2.75) is 33.1 Å². The summed E-state index contributed by atoms with van der Waals surface area (Å²) in [6.07, 6.45) is 3.26. The summed E-state index contributed by atoms with van der Waals surface area (Å²) < 4.78 is 5.24. The van der Waals surface area contributed by atoms with Gasteiger partial charge in [-0.15, -0.1) is 24.0 Å². The number of hydrogen-bond donors (Lipinski definition) is 2. The summed E-state index contributed by atoms with van der Waals surface area (Å²) in [5.41, 5.74) is 1.30. The first-order valence-corrected chi connectivity index (χ1v) is 7.73. The minimum Gasteiger partial charge on any atom is -0.497 e. The van der Waals surface area contributed by atoms with Crippen molar-refractivity contribution in [1.82, 2.24) is 10.6 Å². The first-order chi connectivity index (χ1) is 10.2. The van der Waals surface area contributed by atoms with Crippen molar-refractivity contribution in [2.24, 2.45) is 10.9 Å². The molecule has 1 aromatic carbocycles. The molecule has 0 amide bonds. The van der Waals surface area contributed by atoms with Gasteiger partial charge in [-0.1, -0.05) is 26.0 Å². The molecule has 0 atom stereocenters. The maximum absolute atomic E-state index is 5.24. The lowest BCUT2D eigenvalue weighted by Gasteiger charge is -2.12. The number of benzene rings is 1. The van der Waals surface area contributed by atoms with E-state index in [-0.39, 0.29) is 24.0 Å². The van der Waals surface area contributed by atoms with E-state index in [2.05, 4.69) is 41.6 Å². The fourth-order valence-electron chi connectivity index (χ4n) is 2.03. The fourth-order valence-corrected chi connectivity index (χ4v) is 2.03. The lowest BCUT2D eigenvalue weighted by molar-refractivity contribution is 0.414. The second-order valence-electron chi connectivity index (χ2n) is 5.56. The molecule has 0 saturated heterocycles. The van der Waals surface area contributed by atoms with Crippen LogP contribution < -0.4 is 15.4 Å². The predicted octanol–water partition coefficient (Wildman–Crippen LogP) is 3.46. The van der Waals surface area contributed by atoms with Crippen LogP contribution >= 0.6 is 24.0 Å². The van der Waals surface area contributed by atoms with Gasteiger partial charge in [0.2, 0.25) is 0 Å². The van der Waals surface area contributed by atoms with Gasteiger partial charge in [-0.3, -0.25) is 4.99 Å². The monoisotopic (exact) mass is 419 g/mol. The maximum Gasteiger partial charge on any atom is 0.190 e. The first-order valence-electron chi connectivity index (χ1n) is 7.73. The first kappa shape index (κ1) is 21.0. The lowest BCUT2D eigenvalue weighted by atomic mass is 10.1. The van der Waals surface area contributed by atoms with Crippen LogP contribution in [-0.2, 0) is 6.42 Å². The van der Waals surface area contributed by atoms with Crippen molar-refractivity contribution in [2.75, 3.05) is 27.2 Å². The highest BCUT2D eigenvalue weighted by molar-refractivity contribution is 14.0. The Morgan fingerprint density at radius 3 is 2.59 bits per heavy atom. The van der Waals surface area contributed by atoms with E-state index in [4.69, 9.17) is 4.74 Å². The van der Waals surface area contributed by atoms with Gasteiger partial charge in [-0.05, 0) is 42.9 Å². The number of nitrogens with one attached hydrogen (secondary N) is 2. The molecule has 0 aliphatic carbocycles. The molecule has 22 heavy (non-hydrogen) atoms. The van der Waals surface area contributed by atoms with Crippen molar-refractivity contribution >= 4 is 29.9 Å². The molecular formula is C17H30IN3O. The average Bonchev–Trinajstić information content (AvgIpc) is 2.49. The number of nitrogens with zero attached hydrogens (tertiary/aromatic N) is 1. The maximum atomic E-state index is 5.24. The molecule has 5 heteroatoms. The molecule has 0 aliphatic rings. The van der Waals surface area contributed by atoms with Crippen LogP contribution in [0.3, 0.4) is 0 Å². The van der Waals surface area contributed by atoms with Gasteiger partial charge >= 0.3 is 0 Å². The van der Waals surface area contributed by atoms with Crippen molar-refractivity contribution in [3.05, 3.63) is 29.8 Å². The van der Waals surface area contributed by atoms with E-state index in [9.17, 15) is 0 Å². The zero-order valence-corrected chi connectivity index (χ0v) is 16.5. The lowest BCUT2D eigenvalue weighted by Crippen LogP contribution is -2.38. The standard InChI is InChI=1S/C17H29N3O.HI/c1-14(2)10-12-20-17(18-3)19-11-6-8-15-7-5-9-16(13-15)21-4;/h5,7,9,13-14H,6,8,10-12H2,1-4H3,(H2,18,19,20);1H. The third kappa shape index (κ3) is 9.12. The summed E-state index contributed by atoms with van der Waals surface area (Å²) >= 11 is 0. The molecule has 0 aliphatic heterocycles. The van der Waals surface area contributed by atoms with Gasteiger partial charge in [0.05, 0.1) is 7.11 Å². The Hall–Kier alpha value is -0.980. The highest BCUT2D eigenvalue weighted by Crippen LogP contribution is 2.13. The van der Waals surface area contributed by atoms with Gasteiger partial charge in [0.25, 0.3) is 0 Å². The van der Waals surface area contributed by atoms with Crippen molar-refractivity contribution in [3.63, 3.8) is 0 Å². The molecule has 0 radical (unpaired) electrons. The normalized spacial score (nSPS) is 11.0. The number of methoxy groups -OCH3 is 1. The van der Waals surface area contributed by atoms with Crippen molar-refractivity contribution in [3.8, 4) is 5.75 Å². The third-order valence-corrected chi connectivity index (χ3v) is 3.31. The number of hydrogen-bond acceptors (Lipinski definition) is 2. The summed E-state index contributed by atoms with van der Waals surface area (Å²) in [5.74, 6) is 2.52. The van der Waals surface area contributed by atoms with Crippen LogP contribution in [0, 0.1) is 5.92 Å². The number of guanidine groups is 1. The smallest absolute Gasteiger partial charge is 0.190 e. The number of aryl methyl sites for hydroxylation is 1. The molecule has 1 rings (SSSR count). The van der Waals surface area contributed by atoms with E-state index in [1.54, 1.807) is 7.11 Å². The van der Waals surface area contributed by atoms with Gasteiger partial charge < -0.3 is 15.4 Å². The number of ether oxygens (including phenoxy) is 1. The zero-order chi connectivity index (χ0) is 15.5. The summed E-state index contributed by atoms with van der Waals surface area (Å²) in [7, 11) is 3.51. The summed E-state index contributed by atoms with van der Waals surface area (Å²) in [6.45, 7) is 6.34. The molecule has 0 spiro atoms. The molecule has 0 bridgehead atoms. The molecule has 0 aromatic heterocycles. The van der Waals surface area contributed by atoms with Crippen LogP contribution in [-0.4, -0.2) is 33.2 Å². The van der Waals surface area contributed by atoms with Crippen LogP contribution in [0.25, 0.3) is 0 Å². The molecule has 126 valence electrons. The third-order valence-electron chi connectivity index (χ3n) is 3.31. The van der Waals surface area contributed by atoms with Gasteiger partial charge in [0, 0.05) is 20.1 Å². The molecule has 2 N–H and O–H groups in total. The number of halogens is 1. The molecule has 0 unspecified atom stereocenters. The van der Waals surface area contributed by atoms with Gasteiger partial charge in [-0.25, -0.2) is 0 Å².